The van der Waals surface area contributed by atoms with Gasteiger partial charge in [0.05, 0.1) is 34.0 Å². The molecular weight excluding hydrogens is 505 g/mol. The van der Waals surface area contributed by atoms with Crippen LogP contribution in [-0.2, 0) is 13.0 Å². The molecule has 1 aromatic carbocycles. The van der Waals surface area contributed by atoms with Gasteiger partial charge in [-0.05, 0) is 57.5 Å². The number of nitrogens with one attached hydrogen (secondary N) is 1. The zero-order valence-corrected chi connectivity index (χ0v) is 21.7. The van der Waals surface area contributed by atoms with Crippen LogP contribution in [0.25, 0.3) is 5.82 Å². The second-order valence-electron chi connectivity index (χ2n) is 8.73. The molecule has 0 aliphatic carbocycles. The first-order chi connectivity index (χ1) is 17.1. The number of fused-ring (bicyclic) bond motifs is 1. The summed E-state index contributed by atoms with van der Waals surface area (Å²) in [5, 5.41) is 3.18. The molecule has 36 heavy (non-hydrogen) atoms. The molecule has 0 bridgehead atoms. The van der Waals surface area contributed by atoms with Crippen molar-refractivity contribution in [3.05, 3.63) is 79.3 Å². The molecule has 188 valence electrons. The molecule has 0 fully saturated rings. The predicted octanol–water partition coefficient (Wildman–Crippen LogP) is 3.67. The number of carbonyl (C=O) groups excluding carboxylic acids is 2. The van der Waals surface area contributed by atoms with Gasteiger partial charge in [-0.2, -0.15) is 4.98 Å². The molecule has 1 aliphatic heterocycles. The number of benzene rings is 1. The van der Waals surface area contributed by atoms with Crippen molar-refractivity contribution in [2.45, 2.75) is 45.9 Å². The highest BCUT2D eigenvalue weighted by molar-refractivity contribution is 6.42. The maximum atomic E-state index is 13.7. The molecular formula is C25H25Cl2N5O4. The molecule has 2 amide bonds. The van der Waals surface area contributed by atoms with Gasteiger partial charge >= 0.3 is 6.01 Å². The van der Waals surface area contributed by atoms with Gasteiger partial charge in [-0.1, -0.05) is 23.2 Å². The van der Waals surface area contributed by atoms with Crippen LogP contribution in [0.4, 0.5) is 0 Å². The average molecular weight is 530 g/mol. The topological polar surface area (TPSA) is 106 Å². The molecule has 0 saturated carbocycles. The number of halogens is 2. The Morgan fingerprint density at radius 3 is 2.47 bits per heavy atom. The minimum Gasteiger partial charge on any atom is -0.462 e. The molecule has 11 heteroatoms. The number of carbonyl (C=O) groups is 2. The lowest BCUT2D eigenvalue weighted by Gasteiger charge is -2.34. The first-order valence-electron chi connectivity index (χ1n) is 11.4. The number of rotatable bonds is 5. The molecule has 1 aliphatic rings. The molecule has 0 spiro atoms. The van der Waals surface area contributed by atoms with Crippen LogP contribution >= 0.6 is 23.2 Å². The average Bonchev–Trinajstić information content (AvgIpc) is 2.85. The summed E-state index contributed by atoms with van der Waals surface area (Å²) in [6, 6.07) is 7.65. The van der Waals surface area contributed by atoms with E-state index in [1.54, 1.807) is 29.2 Å². The summed E-state index contributed by atoms with van der Waals surface area (Å²) in [6.07, 6.45) is 1.41. The van der Waals surface area contributed by atoms with Crippen molar-refractivity contribution in [3.63, 3.8) is 0 Å². The highest BCUT2D eigenvalue weighted by Gasteiger charge is 2.32. The lowest BCUT2D eigenvalue weighted by atomic mass is 9.98. The van der Waals surface area contributed by atoms with Crippen molar-refractivity contribution in [1.29, 1.82) is 0 Å². The van der Waals surface area contributed by atoms with Gasteiger partial charge in [-0.3, -0.25) is 14.4 Å². The van der Waals surface area contributed by atoms with Gasteiger partial charge in [0.1, 0.15) is 5.82 Å². The Morgan fingerprint density at radius 1 is 1.14 bits per heavy atom. The fourth-order valence-corrected chi connectivity index (χ4v) is 4.29. The molecule has 1 atom stereocenters. The molecule has 0 radical (unpaired) electrons. The van der Waals surface area contributed by atoms with Crippen LogP contribution in [0.1, 0.15) is 52.7 Å². The molecule has 3 aromatic rings. The van der Waals surface area contributed by atoms with Crippen LogP contribution < -0.4 is 15.6 Å². The van der Waals surface area contributed by atoms with E-state index in [4.69, 9.17) is 27.9 Å². The predicted molar refractivity (Wildman–Crippen MR) is 136 cm³/mol. The number of aromatic nitrogens is 3. The van der Waals surface area contributed by atoms with Crippen LogP contribution in [-0.4, -0.2) is 50.4 Å². The molecule has 3 heterocycles. The Balaban J connectivity index is 1.75. The second-order valence-corrected chi connectivity index (χ2v) is 9.54. The maximum Gasteiger partial charge on any atom is 0.305 e. The van der Waals surface area contributed by atoms with Gasteiger partial charge in [0.2, 0.25) is 0 Å². The largest absolute Gasteiger partial charge is 0.462 e. The zero-order chi connectivity index (χ0) is 26.1. The third kappa shape index (κ3) is 4.94. The quantitative estimate of drug-likeness (QED) is 0.540. The summed E-state index contributed by atoms with van der Waals surface area (Å²) in [6.45, 7) is 5.64. The van der Waals surface area contributed by atoms with Gasteiger partial charge in [0.15, 0.2) is 0 Å². The number of ether oxygens (including phenoxy) is 1. The van der Waals surface area contributed by atoms with E-state index < -0.39 is 0 Å². The Bertz CT molecular complexity index is 1390. The molecule has 1 N–H and O–H groups in total. The lowest BCUT2D eigenvalue weighted by molar-refractivity contribution is 0.0650. The van der Waals surface area contributed by atoms with E-state index >= 15 is 0 Å². The van der Waals surface area contributed by atoms with E-state index in [9.17, 15) is 14.4 Å². The fraction of sp³-hybridized carbons (Fsp3) is 0.320. The van der Waals surface area contributed by atoms with Gasteiger partial charge in [0.25, 0.3) is 17.4 Å². The molecule has 4 rings (SSSR count). The standard InChI is InChI=1S/C25H25Cl2N5O4/c1-13(2)36-25-30-20-12-31(23(34)15-5-7-18(26)19(27)10-15)14(3)9-17(20)24(35)32(25)21-8-6-16(11-29-21)22(33)28-4/h5-8,10-11,13-14H,9,12H2,1-4H3,(H,28,33)/t14-/m1/s1. The zero-order valence-electron chi connectivity index (χ0n) is 20.2. The van der Waals surface area contributed by atoms with Crippen LogP contribution in [0, 0.1) is 0 Å². The van der Waals surface area contributed by atoms with Crippen molar-refractivity contribution in [2.75, 3.05) is 7.05 Å². The van der Waals surface area contributed by atoms with E-state index in [0.29, 0.717) is 33.8 Å². The maximum absolute atomic E-state index is 13.7. The normalized spacial score (nSPS) is 15.0. The van der Waals surface area contributed by atoms with Crippen molar-refractivity contribution in [2.24, 2.45) is 0 Å². The number of pyridine rings is 1. The number of amides is 2. The fourth-order valence-electron chi connectivity index (χ4n) is 3.99. The van der Waals surface area contributed by atoms with Gasteiger partial charge in [0, 0.05) is 30.4 Å². The van der Waals surface area contributed by atoms with Crippen LogP contribution in [0.5, 0.6) is 6.01 Å². The Labute approximate surface area is 218 Å². The minimum absolute atomic E-state index is 0.0606. The molecule has 9 nitrogen and oxygen atoms in total. The first-order valence-corrected chi connectivity index (χ1v) is 12.1. The molecule has 0 saturated heterocycles. The third-order valence-electron chi connectivity index (χ3n) is 5.82. The SMILES string of the molecule is CNC(=O)c1ccc(-n2c(OC(C)C)nc3c(c2=O)C[C@@H](C)N(C(=O)c2ccc(Cl)c(Cl)c2)C3)nc1. The number of nitrogens with zero attached hydrogens (tertiary/aromatic N) is 4. The van der Waals surface area contributed by atoms with Crippen LogP contribution in [0.15, 0.2) is 41.3 Å². The first kappa shape index (κ1) is 25.7. The number of hydrogen-bond donors (Lipinski definition) is 1. The summed E-state index contributed by atoms with van der Waals surface area (Å²) >= 11 is 12.1. The second kappa shape index (κ2) is 10.3. The Hall–Kier alpha value is -3.43. The van der Waals surface area contributed by atoms with E-state index in [1.165, 1.54) is 23.9 Å². The smallest absolute Gasteiger partial charge is 0.305 e. The number of hydrogen-bond acceptors (Lipinski definition) is 6. The monoisotopic (exact) mass is 529 g/mol. The molecule has 0 unspecified atom stereocenters. The van der Waals surface area contributed by atoms with Crippen molar-refractivity contribution in [3.8, 4) is 11.8 Å². The summed E-state index contributed by atoms with van der Waals surface area (Å²) in [7, 11) is 1.53. The van der Waals surface area contributed by atoms with E-state index in [1.807, 2.05) is 20.8 Å². The Kier molecular flexibility index (Phi) is 7.33. The lowest BCUT2D eigenvalue weighted by Crippen LogP contribution is -2.46. The van der Waals surface area contributed by atoms with E-state index in [2.05, 4.69) is 15.3 Å². The minimum atomic E-state index is -0.329. The van der Waals surface area contributed by atoms with Crippen LogP contribution in [0.2, 0.25) is 10.0 Å². The highest BCUT2D eigenvalue weighted by atomic mass is 35.5. The summed E-state index contributed by atoms with van der Waals surface area (Å²) in [5.41, 5.74) is 1.36. The highest BCUT2D eigenvalue weighted by Crippen LogP contribution is 2.27. The van der Waals surface area contributed by atoms with Crippen molar-refractivity contribution in [1.82, 2.24) is 24.8 Å². The summed E-state index contributed by atoms with van der Waals surface area (Å²) in [5.74, 6) is -0.250. The van der Waals surface area contributed by atoms with Gasteiger partial charge < -0.3 is 15.0 Å². The van der Waals surface area contributed by atoms with E-state index in [0.717, 1.165) is 0 Å². The molecule has 2 aromatic heterocycles. The third-order valence-corrected chi connectivity index (χ3v) is 6.56. The van der Waals surface area contributed by atoms with Gasteiger partial charge in [-0.15, -0.1) is 0 Å². The van der Waals surface area contributed by atoms with Crippen LogP contribution in [0.3, 0.4) is 0 Å². The summed E-state index contributed by atoms with van der Waals surface area (Å²) in [4.78, 5) is 49.4. The van der Waals surface area contributed by atoms with Crippen molar-refractivity contribution >= 4 is 35.0 Å². The Morgan fingerprint density at radius 2 is 1.86 bits per heavy atom. The van der Waals surface area contributed by atoms with Crippen molar-refractivity contribution < 1.29 is 14.3 Å². The summed E-state index contributed by atoms with van der Waals surface area (Å²) < 4.78 is 7.18. The van der Waals surface area contributed by atoms with Gasteiger partial charge in [-0.25, -0.2) is 9.55 Å². The van der Waals surface area contributed by atoms with E-state index in [-0.39, 0.29) is 52.9 Å².